The van der Waals surface area contributed by atoms with Crippen molar-refractivity contribution in [2.24, 2.45) is 4.99 Å². The molecule has 3 aromatic rings. The van der Waals surface area contributed by atoms with Gasteiger partial charge in [-0.1, -0.05) is 35.6 Å². The molecule has 2 heterocycles. The van der Waals surface area contributed by atoms with Gasteiger partial charge in [0.15, 0.2) is 4.80 Å². The zero-order chi connectivity index (χ0) is 22.8. The normalized spacial score (nSPS) is 15.9. The van der Waals surface area contributed by atoms with Crippen molar-refractivity contribution in [1.29, 1.82) is 0 Å². The molecule has 0 saturated heterocycles. The Morgan fingerprint density at radius 1 is 1.25 bits per heavy atom. The van der Waals surface area contributed by atoms with E-state index in [2.05, 4.69) is 4.99 Å². The van der Waals surface area contributed by atoms with Crippen LogP contribution in [0, 0.1) is 5.82 Å². The molecule has 1 aliphatic rings. The minimum absolute atomic E-state index is 0.204. The molecule has 0 N–H and O–H groups in total. The summed E-state index contributed by atoms with van der Waals surface area (Å²) in [5.41, 5.74) is 1.90. The maximum Gasteiger partial charge on any atom is 0.338 e. The van der Waals surface area contributed by atoms with Crippen LogP contribution in [0.25, 0.3) is 6.08 Å². The van der Waals surface area contributed by atoms with E-state index in [1.54, 1.807) is 57.4 Å². The fraction of sp³-hybridized carbons (Fsp3) is 0.208. The highest BCUT2D eigenvalue weighted by Crippen LogP contribution is 2.32. The van der Waals surface area contributed by atoms with Crippen LogP contribution >= 0.6 is 11.3 Å². The molecule has 32 heavy (non-hydrogen) atoms. The lowest BCUT2D eigenvalue weighted by Gasteiger charge is -2.25. The third-order valence-electron chi connectivity index (χ3n) is 5.09. The van der Waals surface area contributed by atoms with E-state index < -0.39 is 12.0 Å². The van der Waals surface area contributed by atoms with Crippen molar-refractivity contribution >= 4 is 23.4 Å². The van der Waals surface area contributed by atoms with Gasteiger partial charge < -0.3 is 9.47 Å². The second kappa shape index (κ2) is 8.92. The highest BCUT2D eigenvalue weighted by Gasteiger charge is 2.33. The molecule has 0 unspecified atom stereocenters. The van der Waals surface area contributed by atoms with Gasteiger partial charge in [0.1, 0.15) is 11.6 Å². The predicted octanol–water partition coefficient (Wildman–Crippen LogP) is 2.95. The first-order valence-corrected chi connectivity index (χ1v) is 10.8. The maximum atomic E-state index is 13.5. The molecule has 1 aromatic heterocycles. The monoisotopic (exact) mass is 452 g/mol. The van der Waals surface area contributed by atoms with Crippen molar-refractivity contribution in [3.8, 4) is 5.75 Å². The van der Waals surface area contributed by atoms with Crippen molar-refractivity contribution in [2.75, 3.05) is 13.7 Å². The summed E-state index contributed by atoms with van der Waals surface area (Å²) in [6, 6.07) is 12.4. The molecule has 8 heteroatoms. The van der Waals surface area contributed by atoms with Crippen LogP contribution < -0.4 is 19.6 Å². The van der Waals surface area contributed by atoms with E-state index in [0.29, 0.717) is 37.5 Å². The molecule has 1 aliphatic heterocycles. The number of carbonyl (C=O) groups excluding carboxylic acids is 1. The van der Waals surface area contributed by atoms with Crippen LogP contribution in [0.2, 0.25) is 0 Å². The molecule has 2 aromatic carbocycles. The van der Waals surface area contributed by atoms with Crippen molar-refractivity contribution in [3.63, 3.8) is 0 Å². The van der Waals surface area contributed by atoms with E-state index in [0.717, 1.165) is 0 Å². The topological polar surface area (TPSA) is 69.9 Å². The third kappa shape index (κ3) is 4.01. The number of thiazole rings is 1. The number of fused-ring (bicyclic) bond motifs is 1. The Bertz CT molecular complexity index is 1390. The standard InChI is InChI=1S/C24H21FN2O4S/c1-4-31-23(29)20-14(2)26-24-27(21(20)16-6-5-7-18(13-16)30-3)22(28)19(32-24)12-15-8-10-17(25)11-9-15/h5-13,21H,4H2,1-3H3/t21-/m0/s1. The Kier molecular flexibility index (Phi) is 6.05. The number of halogens is 1. The number of aromatic nitrogens is 1. The molecule has 6 nitrogen and oxygen atoms in total. The lowest BCUT2D eigenvalue weighted by atomic mass is 9.95. The average molecular weight is 453 g/mol. The minimum atomic E-state index is -0.712. The average Bonchev–Trinajstić information content (AvgIpc) is 3.09. The zero-order valence-electron chi connectivity index (χ0n) is 17.8. The lowest BCUT2D eigenvalue weighted by Crippen LogP contribution is -2.39. The first-order valence-electron chi connectivity index (χ1n) is 10.0. The molecule has 1 atom stereocenters. The smallest absolute Gasteiger partial charge is 0.338 e. The van der Waals surface area contributed by atoms with Gasteiger partial charge in [-0.15, -0.1) is 0 Å². The van der Waals surface area contributed by atoms with E-state index in [-0.39, 0.29) is 18.0 Å². The number of rotatable bonds is 5. The van der Waals surface area contributed by atoms with E-state index in [9.17, 15) is 14.0 Å². The van der Waals surface area contributed by atoms with E-state index >= 15 is 0 Å². The molecule has 0 fully saturated rings. The summed E-state index contributed by atoms with van der Waals surface area (Å²) in [7, 11) is 1.56. The molecule has 0 radical (unpaired) electrons. The third-order valence-corrected chi connectivity index (χ3v) is 6.08. The van der Waals surface area contributed by atoms with E-state index in [1.165, 1.54) is 28.0 Å². The Morgan fingerprint density at radius 2 is 2.00 bits per heavy atom. The minimum Gasteiger partial charge on any atom is -0.497 e. The first-order chi connectivity index (χ1) is 15.4. The molecular formula is C24H21FN2O4S. The van der Waals surface area contributed by atoms with Crippen molar-refractivity contribution in [3.05, 3.63) is 96.4 Å². The second-order valence-corrected chi connectivity index (χ2v) is 8.14. The van der Waals surface area contributed by atoms with Crippen LogP contribution in [0.3, 0.4) is 0 Å². The largest absolute Gasteiger partial charge is 0.497 e. The van der Waals surface area contributed by atoms with Gasteiger partial charge in [-0.25, -0.2) is 14.2 Å². The van der Waals surface area contributed by atoms with Gasteiger partial charge in [0.05, 0.1) is 35.6 Å². The number of benzene rings is 2. The number of esters is 1. The Morgan fingerprint density at radius 3 is 2.69 bits per heavy atom. The lowest BCUT2D eigenvalue weighted by molar-refractivity contribution is -0.139. The highest BCUT2D eigenvalue weighted by molar-refractivity contribution is 7.07. The number of methoxy groups -OCH3 is 1. The number of nitrogens with zero attached hydrogens (tertiary/aromatic N) is 2. The summed E-state index contributed by atoms with van der Waals surface area (Å²) in [4.78, 5) is 31.3. The Labute approximate surface area is 187 Å². The van der Waals surface area contributed by atoms with Crippen LogP contribution in [-0.2, 0) is 9.53 Å². The van der Waals surface area contributed by atoms with E-state index in [1.807, 2.05) is 6.07 Å². The van der Waals surface area contributed by atoms with Crippen LogP contribution in [0.15, 0.2) is 69.6 Å². The van der Waals surface area contributed by atoms with E-state index in [4.69, 9.17) is 9.47 Å². The molecular weight excluding hydrogens is 431 g/mol. The zero-order valence-corrected chi connectivity index (χ0v) is 18.6. The SMILES string of the molecule is CCOC(=O)C1=C(C)N=c2sc(=Cc3ccc(F)cc3)c(=O)n2[C@H]1c1cccc(OC)c1. The van der Waals surface area contributed by atoms with Crippen LogP contribution in [0.5, 0.6) is 5.75 Å². The predicted molar refractivity (Wildman–Crippen MR) is 120 cm³/mol. The second-order valence-electron chi connectivity index (χ2n) is 7.13. The first kappa shape index (κ1) is 21.7. The fourth-order valence-corrected chi connectivity index (χ4v) is 4.68. The highest BCUT2D eigenvalue weighted by atomic mass is 32.1. The molecule has 0 amide bonds. The van der Waals surface area contributed by atoms with Crippen molar-refractivity contribution < 1.29 is 18.7 Å². The number of hydrogen-bond acceptors (Lipinski definition) is 6. The quantitative estimate of drug-likeness (QED) is 0.558. The molecule has 0 saturated carbocycles. The Hall–Kier alpha value is -3.52. The summed E-state index contributed by atoms with van der Waals surface area (Å²) in [5, 5.41) is 0. The van der Waals surface area contributed by atoms with Crippen LogP contribution in [0.4, 0.5) is 4.39 Å². The summed E-state index contributed by atoms with van der Waals surface area (Å²) < 4.78 is 25.8. The fourth-order valence-electron chi connectivity index (χ4n) is 3.63. The summed E-state index contributed by atoms with van der Waals surface area (Å²) >= 11 is 1.22. The van der Waals surface area contributed by atoms with Gasteiger partial charge in [0.2, 0.25) is 0 Å². The van der Waals surface area contributed by atoms with Crippen LogP contribution in [-0.4, -0.2) is 24.3 Å². The van der Waals surface area contributed by atoms with Gasteiger partial charge >= 0.3 is 5.97 Å². The molecule has 0 bridgehead atoms. The number of ether oxygens (including phenoxy) is 2. The maximum absolute atomic E-state index is 13.5. The number of allylic oxidation sites excluding steroid dienone is 1. The van der Waals surface area contributed by atoms with Crippen LogP contribution in [0.1, 0.15) is 31.0 Å². The molecule has 4 rings (SSSR count). The van der Waals surface area contributed by atoms with Gasteiger partial charge in [0.25, 0.3) is 5.56 Å². The van der Waals surface area contributed by atoms with Gasteiger partial charge in [-0.2, -0.15) is 0 Å². The molecule has 0 spiro atoms. The van der Waals surface area contributed by atoms with Gasteiger partial charge in [0, 0.05) is 0 Å². The van der Waals surface area contributed by atoms with Gasteiger partial charge in [-0.05, 0) is 55.3 Å². The molecule has 0 aliphatic carbocycles. The van der Waals surface area contributed by atoms with Crippen molar-refractivity contribution in [1.82, 2.24) is 4.57 Å². The Balaban J connectivity index is 1.96. The van der Waals surface area contributed by atoms with Gasteiger partial charge in [-0.3, -0.25) is 9.36 Å². The summed E-state index contributed by atoms with van der Waals surface area (Å²) in [6.45, 7) is 3.66. The number of hydrogen-bond donors (Lipinski definition) is 0. The summed E-state index contributed by atoms with van der Waals surface area (Å²) in [5.74, 6) is -0.264. The molecule has 164 valence electrons. The van der Waals surface area contributed by atoms with Crippen molar-refractivity contribution in [2.45, 2.75) is 19.9 Å². The summed E-state index contributed by atoms with van der Waals surface area (Å²) in [6.07, 6.45) is 1.69. The number of carbonyl (C=O) groups is 1.